The number of urea groups is 1. The fourth-order valence-corrected chi connectivity index (χ4v) is 2.70. The fourth-order valence-electron chi connectivity index (χ4n) is 2.70. The summed E-state index contributed by atoms with van der Waals surface area (Å²) in [7, 11) is 0. The first-order valence-corrected chi connectivity index (χ1v) is 8.29. The van der Waals surface area contributed by atoms with Crippen molar-refractivity contribution in [2.45, 2.75) is 71.0 Å². The number of hydrogen-bond donors (Lipinski definition) is 2. The average molecular weight is 300 g/mol. The number of ether oxygens (including phenoxy) is 1. The highest BCUT2D eigenvalue weighted by Crippen LogP contribution is 2.19. The van der Waals surface area contributed by atoms with Crippen LogP contribution >= 0.6 is 0 Å². The Kier molecular flexibility index (Phi) is 8.04. The van der Waals surface area contributed by atoms with Gasteiger partial charge in [0.15, 0.2) is 0 Å². The van der Waals surface area contributed by atoms with Gasteiger partial charge in [0.25, 0.3) is 0 Å². The Labute approximate surface area is 129 Å². The summed E-state index contributed by atoms with van der Waals surface area (Å²) in [6.07, 6.45) is 7.81. The summed E-state index contributed by atoms with van der Waals surface area (Å²) in [5.41, 5.74) is -0.871. The molecule has 5 nitrogen and oxygen atoms in total. The summed E-state index contributed by atoms with van der Waals surface area (Å²) in [6.45, 7) is 7.33. The van der Waals surface area contributed by atoms with Crippen molar-refractivity contribution in [2.24, 2.45) is 0 Å². The molecule has 1 aliphatic rings. The second-order valence-corrected chi connectivity index (χ2v) is 6.54. The van der Waals surface area contributed by atoms with Gasteiger partial charge in [-0.1, -0.05) is 25.7 Å². The third kappa shape index (κ3) is 8.27. The van der Waals surface area contributed by atoms with Crippen molar-refractivity contribution in [1.82, 2.24) is 10.2 Å². The minimum absolute atomic E-state index is 0.135. The number of carbonyl (C=O) groups is 1. The second-order valence-electron chi connectivity index (χ2n) is 6.54. The molecule has 0 aliphatic heterocycles. The zero-order valence-corrected chi connectivity index (χ0v) is 13.9. The van der Waals surface area contributed by atoms with Gasteiger partial charge < -0.3 is 20.1 Å². The van der Waals surface area contributed by atoms with Crippen LogP contribution in [0.25, 0.3) is 0 Å². The highest BCUT2D eigenvalue weighted by molar-refractivity contribution is 5.74. The lowest BCUT2D eigenvalue weighted by Gasteiger charge is -2.28. The molecule has 0 saturated heterocycles. The minimum atomic E-state index is -0.871. The molecule has 0 heterocycles. The van der Waals surface area contributed by atoms with Crippen LogP contribution in [0.2, 0.25) is 0 Å². The Morgan fingerprint density at radius 1 is 1.29 bits per heavy atom. The van der Waals surface area contributed by atoms with E-state index in [9.17, 15) is 9.90 Å². The molecule has 0 aromatic heterocycles. The van der Waals surface area contributed by atoms with E-state index in [1.165, 1.54) is 25.7 Å². The summed E-state index contributed by atoms with van der Waals surface area (Å²) < 4.78 is 5.85. The summed E-state index contributed by atoms with van der Waals surface area (Å²) in [6, 6.07) is -0.135. The number of rotatable bonds is 7. The van der Waals surface area contributed by atoms with Crippen LogP contribution in [0.5, 0.6) is 0 Å². The number of hydrogen-bond acceptors (Lipinski definition) is 3. The number of nitrogens with one attached hydrogen (secondary N) is 1. The van der Waals surface area contributed by atoms with Gasteiger partial charge in [0.05, 0.1) is 24.9 Å². The van der Waals surface area contributed by atoms with Gasteiger partial charge in [0.2, 0.25) is 0 Å². The summed E-state index contributed by atoms with van der Waals surface area (Å²) in [5, 5.41) is 12.7. The third-order valence-electron chi connectivity index (χ3n) is 3.78. The third-order valence-corrected chi connectivity index (χ3v) is 3.78. The quantitative estimate of drug-likeness (QED) is 0.561. The molecule has 0 spiro atoms. The van der Waals surface area contributed by atoms with Crippen molar-refractivity contribution >= 4 is 6.03 Å². The maximum absolute atomic E-state index is 12.0. The molecule has 1 rings (SSSR count). The molecule has 0 aromatic carbocycles. The Morgan fingerprint density at radius 3 is 2.43 bits per heavy atom. The van der Waals surface area contributed by atoms with Crippen LogP contribution < -0.4 is 5.32 Å². The molecule has 0 unspecified atom stereocenters. The van der Waals surface area contributed by atoms with Crippen molar-refractivity contribution in [3.63, 3.8) is 0 Å². The zero-order valence-electron chi connectivity index (χ0n) is 13.9. The lowest BCUT2D eigenvalue weighted by molar-refractivity contribution is 0.0404. The van der Waals surface area contributed by atoms with Gasteiger partial charge in [-0.15, -0.1) is 0 Å². The maximum Gasteiger partial charge on any atom is 0.317 e. The summed E-state index contributed by atoms with van der Waals surface area (Å²) >= 11 is 0. The predicted octanol–water partition coefficient (Wildman–Crippen LogP) is 2.53. The molecular weight excluding hydrogens is 268 g/mol. The molecule has 124 valence electrons. The molecule has 5 heteroatoms. The maximum atomic E-state index is 12.0. The van der Waals surface area contributed by atoms with Crippen LogP contribution in [0.1, 0.15) is 59.3 Å². The van der Waals surface area contributed by atoms with Crippen molar-refractivity contribution in [3.05, 3.63) is 0 Å². The average Bonchev–Trinajstić information content (AvgIpc) is 2.68. The number of likely N-dealkylation sites (N-methyl/N-ethyl adjacent to an activating group) is 1. The second kappa shape index (κ2) is 9.26. The van der Waals surface area contributed by atoms with Gasteiger partial charge in [0.1, 0.15) is 0 Å². The molecule has 0 radical (unpaired) electrons. The van der Waals surface area contributed by atoms with Gasteiger partial charge in [-0.25, -0.2) is 4.79 Å². The van der Waals surface area contributed by atoms with Crippen molar-refractivity contribution in [1.29, 1.82) is 0 Å². The van der Waals surface area contributed by atoms with Gasteiger partial charge in [-0.2, -0.15) is 0 Å². The number of amides is 2. The molecule has 0 aromatic rings. The molecule has 0 atom stereocenters. The minimum Gasteiger partial charge on any atom is -0.389 e. The van der Waals surface area contributed by atoms with Gasteiger partial charge >= 0.3 is 6.03 Å². The number of nitrogens with zero attached hydrogens (tertiary/aromatic N) is 1. The van der Waals surface area contributed by atoms with E-state index >= 15 is 0 Å². The van der Waals surface area contributed by atoms with Crippen molar-refractivity contribution in [3.8, 4) is 0 Å². The SMILES string of the molecule is CCN(CC(C)(C)O)C(=O)NCCOC1CCCCCC1. The smallest absolute Gasteiger partial charge is 0.317 e. The molecule has 1 aliphatic carbocycles. The van der Waals surface area contributed by atoms with Crippen molar-refractivity contribution in [2.75, 3.05) is 26.2 Å². The first-order valence-electron chi connectivity index (χ1n) is 8.29. The monoisotopic (exact) mass is 300 g/mol. The highest BCUT2D eigenvalue weighted by Gasteiger charge is 2.21. The largest absolute Gasteiger partial charge is 0.389 e. The molecule has 21 heavy (non-hydrogen) atoms. The molecule has 2 amide bonds. The van der Waals surface area contributed by atoms with E-state index in [2.05, 4.69) is 5.32 Å². The Morgan fingerprint density at radius 2 is 1.90 bits per heavy atom. The highest BCUT2D eigenvalue weighted by atomic mass is 16.5. The van der Waals surface area contributed by atoms with E-state index in [0.717, 1.165) is 12.8 Å². The Hall–Kier alpha value is -0.810. The van der Waals surface area contributed by atoms with E-state index in [0.29, 0.717) is 32.3 Å². The lowest BCUT2D eigenvalue weighted by atomic mass is 10.1. The molecule has 0 bridgehead atoms. The number of aliphatic hydroxyl groups is 1. The van der Waals surface area contributed by atoms with Crippen LogP contribution in [-0.2, 0) is 4.74 Å². The molecule has 2 N–H and O–H groups in total. The van der Waals surface area contributed by atoms with E-state index in [1.807, 2.05) is 6.92 Å². The van der Waals surface area contributed by atoms with Crippen LogP contribution in [0.15, 0.2) is 0 Å². The standard InChI is InChI=1S/C16H32N2O3/c1-4-18(13-16(2,3)20)15(19)17-11-12-21-14-9-7-5-6-8-10-14/h14,20H,4-13H2,1-3H3,(H,17,19). The first kappa shape index (κ1) is 18.2. The Bertz CT molecular complexity index is 294. The summed E-state index contributed by atoms with van der Waals surface area (Å²) in [4.78, 5) is 13.6. The predicted molar refractivity (Wildman–Crippen MR) is 84.4 cm³/mol. The van der Waals surface area contributed by atoms with Crippen LogP contribution in [0.3, 0.4) is 0 Å². The van der Waals surface area contributed by atoms with Gasteiger partial charge in [-0.05, 0) is 33.6 Å². The van der Waals surface area contributed by atoms with E-state index in [1.54, 1.807) is 18.7 Å². The van der Waals surface area contributed by atoms with Gasteiger partial charge in [-0.3, -0.25) is 0 Å². The topological polar surface area (TPSA) is 61.8 Å². The van der Waals surface area contributed by atoms with E-state index in [-0.39, 0.29) is 6.03 Å². The van der Waals surface area contributed by atoms with E-state index < -0.39 is 5.60 Å². The molecule has 1 fully saturated rings. The summed E-state index contributed by atoms with van der Waals surface area (Å²) in [5.74, 6) is 0. The normalized spacial score (nSPS) is 17.3. The fraction of sp³-hybridized carbons (Fsp3) is 0.938. The molecule has 1 saturated carbocycles. The van der Waals surface area contributed by atoms with Crippen LogP contribution in [0.4, 0.5) is 4.79 Å². The van der Waals surface area contributed by atoms with Gasteiger partial charge in [0, 0.05) is 13.1 Å². The Balaban J connectivity index is 2.19. The zero-order chi connectivity index (χ0) is 15.7. The van der Waals surface area contributed by atoms with Crippen molar-refractivity contribution < 1.29 is 14.6 Å². The molecular formula is C16H32N2O3. The van der Waals surface area contributed by atoms with E-state index in [4.69, 9.17) is 4.74 Å². The first-order chi connectivity index (χ1) is 9.92. The number of carbonyl (C=O) groups excluding carboxylic acids is 1. The van der Waals surface area contributed by atoms with Crippen LogP contribution in [0, 0.1) is 0 Å². The van der Waals surface area contributed by atoms with Crippen LogP contribution in [-0.4, -0.2) is 54.0 Å². The lowest BCUT2D eigenvalue weighted by Crippen LogP contribution is -2.47.